The number of aromatic nitrogens is 1. The number of sulfonamides is 1. The van der Waals surface area contributed by atoms with E-state index in [0.29, 0.717) is 19.5 Å². The summed E-state index contributed by atoms with van der Waals surface area (Å²) in [4.78, 5) is 16.3. The SMILES string of the molecule is O=C(OCCCc1cccnc1)c1ccc(Cl)c(S(=O)(=O)N2CCCC2)c1. The largest absolute Gasteiger partial charge is 0.462 e. The van der Waals surface area contributed by atoms with Gasteiger partial charge in [-0.05, 0) is 55.5 Å². The van der Waals surface area contributed by atoms with Gasteiger partial charge in [-0.1, -0.05) is 17.7 Å². The van der Waals surface area contributed by atoms with E-state index in [9.17, 15) is 13.2 Å². The molecule has 0 amide bonds. The molecule has 144 valence electrons. The number of benzene rings is 1. The number of ether oxygens (including phenoxy) is 1. The summed E-state index contributed by atoms with van der Waals surface area (Å²) in [6.45, 7) is 1.19. The van der Waals surface area contributed by atoms with E-state index in [0.717, 1.165) is 24.8 Å². The number of esters is 1. The van der Waals surface area contributed by atoms with Crippen LogP contribution in [0.2, 0.25) is 5.02 Å². The Morgan fingerprint density at radius 1 is 1.22 bits per heavy atom. The highest BCUT2D eigenvalue weighted by Gasteiger charge is 2.29. The number of pyridine rings is 1. The Balaban J connectivity index is 1.63. The predicted octanol–water partition coefficient (Wildman–Crippen LogP) is 3.31. The van der Waals surface area contributed by atoms with E-state index in [1.807, 2.05) is 12.1 Å². The van der Waals surface area contributed by atoms with Gasteiger partial charge in [-0.15, -0.1) is 0 Å². The third-order valence-corrected chi connectivity index (χ3v) is 6.80. The Bertz CT molecular complexity index is 897. The van der Waals surface area contributed by atoms with E-state index < -0.39 is 16.0 Å². The van der Waals surface area contributed by atoms with Crippen LogP contribution in [0.25, 0.3) is 0 Å². The smallest absolute Gasteiger partial charge is 0.338 e. The summed E-state index contributed by atoms with van der Waals surface area (Å²) in [5.74, 6) is -0.560. The first-order valence-corrected chi connectivity index (χ1v) is 10.7. The van der Waals surface area contributed by atoms with E-state index in [2.05, 4.69) is 4.98 Å². The van der Waals surface area contributed by atoms with Gasteiger partial charge in [0.25, 0.3) is 0 Å². The standard InChI is InChI=1S/C19H21ClN2O4S/c20-17-8-7-16(13-18(17)27(24,25)22-10-1-2-11-22)19(23)26-12-4-6-15-5-3-9-21-14-15/h3,5,7-9,13-14H,1-2,4,6,10-12H2. The molecule has 0 radical (unpaired) electrons. The number of carbonyl (C=O) groups is 1. The van der Waals surface area contributed by atoms with Crippen LogP contribution in [0.15, 0.2) is 47.6 Å². The quantitative estimate of drug-likeness (QED) is 0.519. The maximum absolute atomic E-state index is 12.7. The maximum Gasteiger partial charge on any atom is 0.338 e. The summed E-state index contributed by atoms with van der Waals surface area (Å²) >= 11 is 6.09. The minimum absolute atomic E-state index is 0.0455. The van der Waals surface area contributed by atoms with Crippen LogP contribution in [0.3, 0.4) is 0 Å². The second-order valence-electron chi connectivity index (χ2n) is 6.36. The molecule has 0 aliphatic carbocycles. The van der Waals surface area contributed by atoms with Crippen molar-refractivity contribution in [2.24, 2.45) is 0 Å². The number of rotatable bonds is 7. The maximum atomic E-state index is 12.7. The van der Waals surface area contributed by atoms with E-state index >= 15 is 0 Å². The molecule has 1 fully saturated rings. The lowest BCUT2D eigenvalue weighted by Gasteiger charge is -2.17. The number of hydrogen-bond donors (Lipinski definition) is 0. The molecule has 6 nitrogen and oxygen atoms in total. The fourth-order valence-electron chi connectivity index (χ4n) is 2.97. The van der Waals surface area contributed by atoms with Crippen LogP contribution in [0.4, 0.5) is 0 Å². The number of aryl methyl sites for hydroxylation is 1. The van der Waals surface area contributed by atoms with Crippen molar-refractivity contribution in [1.82, 2.24) is 9.29 Å². The monoisotopic (exact) mass is 408 g/mol. The van der Waals surface area contributed by atoms with Gasteiger partial charge in [0.2, 0.25) is 10.0 Å². The minimum Gasteiger partial charge on any atom is -0.462 e. The van der Waals surface area contributed by atoms with Crippen LogP contribution in [-0.4, -0.2) is 43.4 Å². The first kappa shape index (κ1) is 19.8. The summed E-state index contributed by atoms with van der Waals surface area (Å²) in [6.07, 6.45) is 6.54. The molecular formula is C19H21ClN2O4S. The van der Waals surface area contributed by atoms with Gasteiger partial charge in [-0.25, -0.2) is 13.2 Å². The summed E-state index contributed by atoms with van der Waals surface area (Å²) in [6, 6.07) is 8.03. The van der Waals surface area contributed by atoms with Gasteiger partial charge < -0.3 is 4.74 Å². The lowest BCUT2D eigenvalue weighted by atomic mass is 10.2. The molecule has 0 saturated carbocycles. The highest BCUT2D eigenvalue weighted by atomic mass is 35.5. The average Bonchev–Trinajstić information content (AvgIpc) is 3.22. The van der Waals surface area contributed by atoms with Gasteiger partial charge in [-0.2, -0.15) is 4.31 Å². The highest BCUT2D eigenvalue weighted by Crippen LogP contribution is 2.28. The van der Waals surface area contributed by atoms with Gasteiger partial charge >= 0.3 is 5.97 Å². The lowest BCUT2D eigenvalue weighted by molar-refractivity contribution is 0.0500. The molecule has 1 saturated heterocycles. The van der Waals surface area contributed by atoms with Crippen molar-refractivity contribution >= 4 is 27.6 Å². The average molecular weight is 409 g/mol. The van der Waals surface area contributed by atoms with Gasteiger partial charge in [0, 0.05) is 25.5 Å². The van der Waals surface area contributed by atoms with Gasteiger partial charge in [0.1, 0.15) is 4.90 Å². The Morgan fingerprint density at radius 3 is 2.70 bits per heavy atom. The van der Waals surface area contributed by atoms with Crippen LogP contribution in [0, 0.1) is 0 Å². The Kier molecular flexibility index (Phi) is 6.46. The first-order chi connectivity index (χ1) is 13.0. The van der Waals surface area contributed by atoms with Gasteiger partial charge in [0.15, 0.2) is 0 Å². The molecule has 0 bridgehead atoms. The van der Waals surface area contributed by atoms with Crippen LogP contribution in [0.5, 0.6) is 0 Å². The molecular weight excluding hydrogens is 388 g/mol. The van der Waals surface area contributed by atoms with E-state index in [-0.39, 0.29) is 22.1 Å². The molecule has 0 spiro atoms. The summed E-state index contributed by atoms with van der Waals surface area (Å²) in [5, 5.41) is 0.107. The van der Waals surface area contributed by atoms with Crippen molar-refractivity contribution in [2.45, 2.75) is 30.6 Å². The van der Waals surface area contributed by atoms with E-state index in [4.69, 9.17) is 16.3 Å². The fourth-order valence-corrected chi connectivity index (χ4v) is 4.98. The van der Waals surface area contributed by atoms with Crippen LogP contribution in [0.1, 0.15) is 35.2 Å². The third kappa shape index (κ3) is 4.86. The summed E-state index contributed by atoms with van der Waals surface area (Å²) in [7, 11) is -3.70. The fraction of sp³-hybridized carbons (Fsp3) is 0.368. The molecule has 0 unspecified atom stereocenters. The number of nitrogens with zero attached hydrogens (tertiary/aromatic N) is 2. The van der Waals surface area contributed by atoms with E-state index in [1.54, 1.807) is 12.4 Å². The van der Waals surface area contributed by atoms with Crippen LogP contribution >= 0.6 is 11.6 Å². The zero-order valence-corrected chi connectivity index (χ0v) is 16.4. The Hall–Kier alpha value is -1.96. The zero-order valence-electron chi connectivity index (χ0n) is 14.8. The van der Waals surface area contributed by atoms with E-state index in [1.165, 1.54) is 22.5 Å². The minimum atomic E-state index is -3.70. The molecule has 3 rings (SSSR count). The molecule has 1 aromatic carbocycles. The Labute approximate surface area is 164 Å². The number of carbonyl (C=O) groups excluding carboxylic acids is 1. The lowest BCUT2D eigenvalue weighted by Crippen LogP contribution is -2.28. The molecule has 27 heavy (non-hydrogen) atoms. The molecule has 0 atom stereocenters. The van der Waals surface area contributed by atoms with Gasteiger partial charge in [-0.3, -0.25) is 4.98 Å². The van der Waals surface area contributed by atoms with Crippen molar-refractivity contribution in [2.75, 3.05) is 19.7 Å². The van der Waals surface area contributed by atoms with Crippen LogP contribution in [-0.2, 0) is 21.2 Å². The summed E-state index contributed by atoms with van der Waals surface area (Å²) in [5.41, 5.74) is 1.25. The second-order valence-corrected chi connectivity index (χ2v) is 8.67. The first-order valence-electron chi connectivity index (χ1n) is 8.84. The molecule has 2 heterocycles. The third-order valence-electron chi connectivity index (χ3n) is 4.42. The molecule has 2 aromatic rings. The van der Waals surface area contributed by atoms with Gasteiger partial charge in [0.05, 0.1) is 17.2 Å². The van der Waals surface area contributed by atoms with Crippen molar-refractivity contribution in [3.05, 3.63) is 58.9 Å². The highest BCUT2D eigenvalue weighted by molar-refractivity contribution is 7.89. The zero-order chi connectivity index (χ0) is 19.3. The molecule has 1 aromatic heterocycles. The van der Waals surface area contributed by atoms with Crippen molar-refractivity contribution in [3.8, 4) is 0 Å². The van der Waals surface area contributed by atoms with Crippen molar-refractivity contribution in [1.29, 1.82) is 0 Å². The number of hydrogen-bond acceptors (Lipinski definition) is 5. The Morgan fingerprint density at radius 2 is 2.00 bits per heavy atom. The van der Waals surface area contributed by atoms with Crippen LogP contribution < -0.4 is 0 Å². The molecule has 1 aliphatic heterocycles. The molecule has 1 aliphatic rings. The second kappa shape index (κ2) is 8.82. The van der Waals surface area contributed by atoms with Crippen molar-refractivity contribution in [3.63, 3.8) is 0 Å². The summed E-state index contributed by atoms with van der Waals surface area (Å²) < 4.78 is 32.1. The molecule has 0 N–H and O–H groups in total. The number of halogens is 1. The van der Waals surface area contributed by atoms with Crippen molar-refractivity contribution < 1.29 is 17.9 Å². The topological polar surface area (TPSA) is 76.6 Å². The predicted molar refractivity (Wildman–Crippen MR) is 102 cm³/mol. The molecule has 8 heteroatoms. The normalized spacial score (nSPS) is 15.0.